The van der Waals surface area contributed by atoms with Crippen LogP contribution in [0, 0.1) is 0 Å². The van der Waals surface area contributed by atoms with E-state index in [0.717, 1.165) is 81.9 Å². The Morgan fingerprint density at radius 1 is 0.530 bits per heavy atom. The van der Waals surface area contributed by atoms with Crippen LogP contribution in [0.2, 0.25) is 0 Å². The number of pyridine rings is 2. The van der Waals surface area contributed by atoms with E-state index in [1.807, 2.05) is 0 Å². The van der Waals surface area contributed by atoms with Gasteiger partial charge in [0, 0.05) is 67.1 Å². The van der Waals surface area contributed by atoms with Crippen molar-refractivity contribution in [2.45, 2.75) is 153 Å². The summed E-state index contributed by atoms with van der Waals surface area (Å²) in [7, 11) is 0.104. The van der Waals surface area contributed by atoms with Gasteiger partial charge < -0.3 is 28.1 Å². The molecule has 0 N–H and O–H groups in total. The van der Waals surface area contributed by atoms with Crippen molar-refractivity contribution in [1.29, 1.82) is 0 Å². The number of aromatic nitrogens is 6. The minimum atomic E-state index is -4.16. The molecule has 4 aromatic heterocycles. The number of halogens is 4. The number of unbranched alkanes of at least 4 members (excludes halogenated alkanes) is 8. The number of sulfone groups is 1. The first kappa shape index (κ1) is 66.7. The van der Waals surface area contributed by atoms with Crippen molar-refractivity contribution in [2.24, 2.45) is 0 Å². The number of nitrogens with zero attached hydrogens (tertiary/aromatic N) is 6. The lowest BCUT2D eigenvalue weighted by Gasteiger charge is -2.12. The standard InChI is InChI=1S/C30H37F2N3O6S.C30H37F2N3O5S/c1-4-5-6-7-8-10-23(36)11-9-16-42(38,39)30-33-24(18-25(34-30)29(31)32)22-13-15-28(37)35(20-22)19-21-12-14-26(40-2)27(17-21)41-3;1-4-5-6-7-8-10-23(36)11-9-16-41(38)30-33-24(18-25(34-30)29(31)32)22-13-15-28(37)35(20-22)19-21-12-14-26(39-2)27(17-21)40-3/h12-15,17-18,20,29H,4-11,16,19H2,1-3H3;12-15,17-18,20,29H,4-11,16,19H2,1-3H3. The van der Waals surface area contributed by atoms with Crippen molar-refractivity contribution in [1.82, 2.24) is 29.1 Å². The molecular formula is C60H74F4N6O11S2. The van der Waals surface area contributed by atoms with E-state index >= 15 is 0 Å². The van der Waals surface area contributed by atoms with Crippen LogP contribution in [0.25, 0.3) is 22.5 Å². The molecule has 1 unspecified atom stereocenters. The summed E-state index contributed by atoms with van der Waals surface area (Å²) in [5.74, 6) is 1.77. The van der Waals surface area contributed by atoms with Gasteiger partial charge in [-0.2, -0.15) is 0 Å². The molecule has 0 spiro atoms. The van der Waals surface area contributed by atoms with Crippen LogP contribution in [0.3, 0.4) is 0 Å². The van der Waals surface area contributed by atoms with Crippen LogP contribution < -0.4 is 30.1 Å². The molecule has 450 valence electrons. The summed E-state index contributed by atoms with van der Waals surface area (Å²) in [6.07, 6.45) is 8.91. The van der Waals surface area contributed by atoms with Crippen LogP contribution in [0.4, 0.5) is 17.6 Å². The van der Waals surface area contributed by atoms with E-state index in [1.165, 1.54) is 74.2 Å². The molecule has 83 heavy (non-hydrogen) atoms. The molecule has 0 aliphatic carbocycles. The Bertz CT molecular complexity index is 3360. The second-order valence-corrected chi connectivity index (χ2v) is 23.1. The van der Waals surface area contributed by atoms with Gasteiger partial charge in [-0.15, -0.1) is 0 Å². The molecule has 0 radical (unpaired) electrons. The number of hydrogen-bond donors (Lipinski definition) is 0. The maximum absolute atomic E-state index is 13.7. The second-order valence-electron chi connectivity index (χ2n) is 19.7. The molecule has 0 saturated carbocycles. The molecule has 4 heterocycles. The highest BCUT2D eigenvalue weighted by molar-refractivity contribution is 7.91. The Morgan fingerprint density at radius 2 is 0.964 bits per heavy atom. The molecule has 0 fully saturated rings. The van der Waals surface area contributed by atoms with E-state index in [-0.39, 0.29) is 82.9 Å². The normalized spacial score (nSPS) is 11.8. The third-order valence-electron chi connectivity index (χ3n) is 13.3. The SMILES string of the molecule is CCCCCCCC(=O)CCCS(=O)(=O)c1nc(-c2ccc(=O)n(Cc3ccc(OC)c(OC)c3)c2)cc(C(F)F)n1.CCCCCCCC(=O)CCCS(=O)c1nc(-c2ccc(=O)n(Cc3ccc(OC)c(OC)c3)c2)cc(C(F)F)n1. The second kappa shape index (κ2) is 33.8. The minimum Gasteiger partial charge on any atom is -0.493 e. The van der Waals surface area contributed by atoms with Crippen LogP contribution in [-0.4, -0.2) is 93.2 Å². The van der Waals surface area contributed by atoms with Crippen LogP contribution in [0.15, 0.2) is 105 Å². The van der Waals surface area contributed by atoms with Crippen molar-refractivity contribution in [3.05, 3.63) is 128 Å². The summed E-state index contributed by atoms with van der Waals surface area (Å²) in [5.41, 5.74) is 0.214. The van der Waals surface area contributed by atoms with Gasteiger partial charge in [-0.25, -0.2) is 45.9 Å². The lowest BCUT2D eigenvalue weighted by molar-refractivity contribution is -0.120. The first-order valence-corrected chi connectivity index (χ1v) is 30.6. The first-order valence-electron chi connectivity index (χ1n) is 27.7. The number of rotatable bonds is 34. The number of ether oxygens (including phenoxy) is 4. The molecule has 0 aliphatic heterocycles. The third kappa shape index (κ3) is 20.9. The molecule has 0 aliphatic rings. The van der Waals surface area contributed by atoms with Gasteiger partial charge in [-0.05, 0) is 85.3 Å². The van der Waals surface area contributed by atoms with Crippen molar-refractivity contribution < 1.29 is 58.7 Å². The lowest BCUT2D eigenvalue weighted by atomic mass is 10.1. The average molecular weight is 1200 g/mol. The van der Waals surface area contributed by atoms with E-state index in [0.29, 0.717) is 53.4 Å². The molecule has 23 heteroatoms. The summed E-state index contributed by atoms with van der Waals surface area (Å²) in [5, 5.41) is -0.956. The Morgan fingerprint density at radius 3 is 1.42 bits per heavy atom. The third-order valence-corrected chi connectivity index (χ3v) is 16.1. The fraction of sp³-hybridized carbons (Fsp3) is 0.467. The van der Waals surface area contributed by atoms with Gasteiger partial charge in [0.2, 0.25) is 20.2 Å². The van der Waals surface area contributed by atoms with Crippen LogP contribution in [-0.2, 0) is 43.3 Å². The highest BCUT2D eigenvalue weighted by Crippen LogP contribution is 2.31. The number of alkyl halides is 4. The van der Waals surface area contributed by atoms with Crippen LogP contribution in [0.1, 0.15) is 152 Å². The van der Waals surface area contributed by atoms with Crippen molar-refractivity contribution in [2.75, 3.05) is 39.9 Å². The topological polar surface area (TPSA) is 218 Å². The van der Waals surface area contributed by atoms with Crippen molar-refractivity contribution in [3.63, 3.8) is 0 Å². The van der Waals surface area contributed by atoms with E-state index < -0.39 is 55.8 Å². The van der Waals surface area contributed by atoms with E-state index in [9.17, 15) is 49.4 Å². The highest BCUT2D eigenvalue weighted by atomic mass is 32.2. The van der Waals surface area contributed by atoms with Gasteiger partial charge in [0.1, 0.15) is 23.0 Å². The zero-order valence-corrected chi connectivity index (χ0v) is 49.5. The molecule has 0 saturated heterocycles. The zero-order chi connectivity index (χ0) is 60.5. The van der Waals surface area contributed by atoms with Crippen LogP contribution in [0.5, 0.6) is 23.0 Å². The number of hydrogen-bond acceptors (Lipinski definition) is 15. The molecule has 2 aromatic carbocycles. The smallest absolute Gasteiger partial charge is 0.280 e. The Labute approximate surface area is 484 Å². The molecule has 0 amide bonds. The average Bonchev–Trinajstić information content (AvgIpc) is 3.63. The van der Waals surface area contributed by atoms with Gasteiger partial charge in [0.15, 0.2) is 23.0 Å². The maximum Gasteiger partial charge on any atom is 0.280 e. The van der Waals surface area contributed by atoms with Gasteiger partial charge in [-0.3, -0.25) is 23.4 Å². The van der Waals surface area contributed by atoms with E-state index in [1.54, 1.807) is 36.4 Å². The van der Waals surface area contributed by atoms with E-state index in [2.05, 4.69) is 33.8 Å². The Kier molecular flexibility index (Phi) is 27.2. The van der Waals surface area contributed by atoms with Gasteiger partial charge in [0.05, 0.1) is 69.5 Å². The van der Waals surface area contributed by atoms with Crippen molar-refractivity contribution >= 4 is 32.2 Å². The minimum absolute atomic E-state index is 0.0265. The summed E-state index contributed by atoms with van der Waals surface area (Å²) in [6.45, 7) is 4.55. The lowest BCUT2D eigenvalue weighted by Crippen LogP contribution is -2.19. The monoisotopic (exact) mass is 1190 g/mol. The summed E-state index contributed by atoms with van der Waals surface area (Å²) in [4.78, 5) is 65.4. The summed E-state index contributed by atoms with van der Waals surface area (Å²) >= 11 is 0. The highest BCUT2D eigenvalue weighted by Gasteiger charge is 2.24. The van der Waals surface area contributed by atoms with Gasteiger partial charge >= 0.3 is 0 Å². The molecular weight excluding hydrogens is 1120 g/mol. The number of Topliss-reactive ketones (excluding diaryl/α,β-unsaturated/α-hetero) is 2. The molecule has 6 aromatic rings. The fourth-order valence-electron chi connectivity index (χ4n) is 8.75. The molecule has 17 nitrogen and oxygen atoms in total. The summed E-state index contributed by atoms with van der Waals surface area (Å²) < 4.78 is 118. The predicted octanol–water partition coefficient (Wildman–Crippen LogP) is 11.9. The fourth-order valence-corrected chi connectivity index (χ4v) is 10.9. The Hall–Kier alpha value is -7.14. The van der Waals surface area contributed by atoms with Crippen LogP contribution >= 0.6 is 0 Å². The van der Waals surface area contributed by atoms with Crippen molar-refractivity contribution in [3.8, 4) is 45.5 Å². The number of carbonyl (C=O) groups excluding carboxylic acids is 2. The molecule has 0 bridgehead atoms. The predicted molar refractivity (Wildman–Crippen MR) is 309 cm³/mol. The first-order chi connectivity index (χ1) is 39.8. The molecule has 1 atom stereocenters. The Balaban J connectivity index is 0.000000304. The van der Waals surface area contributed by atoms with E-state index in [4.69, 9.17) is 18.9 Å². The quantitative estimate of drug-likeness (QED) is 0.0208. The molecule has 6 rings (SSSR count). The number of benzene rings is 2. The number of carbonyl (C=O) groups is 2. The zero-order valence-electron chi connectivity index (χ0n) is 47.9. The van der Waals surface area contributed by atoms with Gasteiger partial charge in [-0.1, -0.05) is 77.3 Å². The van der Waals surface area contributed by atoms with Gasteiger partial charge in [0.25, 0.3) is 24.0 Å². The summed E-state index contributed by atoms with van der Waals surface area (Å²) in [6, 6.07) is 18.0. The number of methoxy groups -OCH3 is 4. The largest absolute Gasteiger partial charge is 0.493 e. The maximum atomic E-state index is 13.7. The number of ketones is 2.